The molecule has 0 amide bonds. The standard InChI is InChI=1S/C17H16F2N2O/c1-21-9-6-12(7-10-21)14-3-2-8-20-17(14)22-16-11-13(18)4-5-15(16)19/h2-6,8,11H,7,9-10H2,1H3. The molecule has 0 unspecified atom stereocenters. The van der Waals surface area contributed by atoms with Gasteiger partial charge in [-0.1, -0.05) is 6.08 Å². The van der Waals surface area contributed by atoms with Crippen molar-refractivity contribution in [2.45, 2.75) is 6.42 Å². The second-order valence-electron chi connectivity index (χ2n) is 5.27. The van der Waals surface area contributed by atoms with E-state index in [9.17, 15) is 8.78 Å². The van der Waals surface area contributed by atoms with Crippen molar-refractivity contribution in [3.8, 4) is 11.6 Å². The van der Waals surface area contributed by atoms with Crippen LogP contribution in [-0.2, 0) is 0 Å². The lowest BCUT2D eigenvalue weighted by atomic mass is 10.0. The van der Waals surface area contributed by atoms with Crippen molar-refractivity contribution in [1.29, 1.82) is 0 Å². The normalized spacial score (nSPS) is 15.5. The van der Waals surface area contributed by atoms with Gasteiger partial charge >= 0.3 is 0 Å². The molecular weight excluding hydrogens is 286 g/mol. The summed E-state index contributed by atoms with van der Waals surface area (Å²) >= 11 is 0. The molecule has 0 aliphatic carbocycles. The Balaban J connectivity index is 1.93. The number of likely N-dealkylation sites (N-methyl/N-ethyl adjacent to an activating group) is 1. The lowest BCUT2D eigenvalue weighted by Crippen LogP contribution is -2.23. The maximum Gasteiger partial charge on any atom is 0.226 e. The first-order chi connectivity index (χ1) is 10.6. The molecule has 0 saturated heterocycles. The third-order valence-corrected chi connectivity index (χ3v) is 3.63. The first kappa shape index (κ1) is 14.7. The smallest absolute Gasteiger partial charge is 0.226 e. The number of hydrogen-bond acceptors (Lipinski definition) is 3. The summed E-state index contributed by atoms with van der Waals surface area (Å²) in [6.07, 6.45) is 4.55. The van der Waals surface area contributed by atoms with Crippen LogP contribution in [0, 0.1) is 11.6 Å². The summed E-state index contributed by atoms with van der Waals surface area (Å²) in [5.74, 6) is -1.03. The quantitative estimate of drug-likeness (QED) is 0.860. The van der Waals surface area contributed by atoms with Gasteiger partial charge in [0, 0.05) is 30.9 Å². The van der Waals surface area contributed by atoms with Crippen molar-refractivity contribution in [2.24, 2.45) is 0 Å². The summed E-state index contributed by atoms with van der Waals surface area (Å²) in [7, 11) is 2.05. The van der Waals surface area contributed by atoms with Crippen LogP contribution in [0.25, 0.3) is 5.57 Å². The van der Waals surface area contributed by atoms with Crippen LogP contribution in [0.4, 0.5) is 8.78 Å². The molecule has 1 aliphatic heterocycles. The van der Waals surface area contributed by atoms with E-state index in [4.69, 9.17) is 4.74 Å². The van der Waals surface area contributed by atoms with Crippen LogP contribution < -0.4 is 4.74 Å². The minimum absolute atomic E-state index is 0.159. The number of pyridine rings is 1. The van der Waals surface area contributed by atoms with E-state index in [1.165, 1.54) is 0 Å². The van der Waals surface area contributed by atoms with Crippen LogP contribution >= 0.6 is 0 Å². The molecule has 2 aromatic rings. The van der Waals surface area contributed by atoms with Crippen molar-refractivity contribution < 1.29 is 13.5 Å². The third-order valence-electron chi connectivity index (χ3n) is 3.63. The Bertz CT molecular complexity index is 716. The summed E-state index contributed by atoms with van der Waals surface area (Å²) in [6, 6.07) is 6.82. The van der Waals surface area contributed by atoms with E-state index in [0.29, 0.717) is 5.88 Å². The molecule has 0 saturated carbocycles. The van der Waals surface area contributed by atoms with E-state index in [2.05, 4.69) is 23.0 Å². The molecule has 114 valence electrons. The summed E-state index contributed by atoms with van der Waals surface area (Å²) in [5, 5.41) is 0. The molecular formula is C17H16F2N2O. The van der Waals surface area contributed by atoms with Gasteiger partial charge in [0.1, 0.15) is 5.82 Å². The van der Waals surface area contributed by atoms with Crippen molar-refractivity contribution in [1.82, 2.24) is 9.88 Å². The van der Waals surface area contributed by atoms with Crippen LogP contribution in [0.15, 0.2) is 42.6 Å². The fraction of sp³-hybridized carbons (Fsp3) is 0.235. The number of rotatable bonds is 3. The van der Waals surface area contributed by atoms with Gasteiger partial charge in [0.05, 0.1) is 0 Å². The molecule has 3 nitrogen and oxygen atoms in total. The van der Waals surface area contributed by atoms with Crippen LogP contribution in [-0.4, -0.2) is 30.0 Å². The predicted molar refractivity (Wildman–Crippen MR) is 80.8 cm³/mol. The zero-order valence-electron chi connectivity index (χ0n) is 12.2. The molecule has 1 aromatic carbocycles. The molecule has 2 heterocycles. The van der Waals surface area contributed by atoms with E-state index in [-0.39, 0.29) is 5.75 Å². The second kappa shape index (κ2) is 6.23. The van der Waals surface area contributed by atoms with Gasteiger partial charge in [0.2, 0.25) is 5.88 Å². The summed E-state index contributed by atoms with van der Waals surface area (Å²) in [6.45, 7) is 1.78. The minimum atomic E-state index is -0.615. The van der Waals surface area contributed by atoms with E-state index in [1.54, 1.807) is 6.20 Å². The van der Waals surface area contributed by atoms with Crippen LogP contribution in [0.2, 0.25) is 0 Å². The molecule has 3 rings (SSSR count). The van der Waals surface area contributed by atoms with Crippen LogP contribution in [0.1, 0.15) is 12.0 Å². The van der Waals surface area contributed by atoms with Gasteiger partial charge in [-0.3, -0.25) is 0 Å². The van der Waals surface area contributed by atoms with Gasteiger partial charge < -0.3 is 9.64 Å². The molecule has 1 aliphatic rings. The van der Waals surface area contributed by atoms with E-state index >= 15 is 0 Å². The Labute approximate surface area is 127 Å². The minimum Gasteiger partial charge on any atom is -0.435 e. The highest BCUT2D eigenvalue weighted by molar-refractivity contribution is 5.70. The lowest BCUT2D eigenvalue weighted by Gasteiger charge is -2.22. The average Bonchev–Trinajstić information content (AvgIpc) is 2.52. The predicted octanol–water partition coefficient (Wildman–Crippen LogP) is 3.87. The average molecular weight is 302 g/mol. The van der Waals surface area contributed by atoms with Gasteiger partial charge in [-0.25, -0.2) is 13.8 Å². The molecule has 0 fully saturated rings. The Morgan fingerprint density at radius 2 is 2.09 bits per heavy atom. The van der Waals surface area contributed by atoms with Crippen LogP contribution in [0.5, 0.6) is 11.6 Å². The van der Waals surface area contributed by atoms with E-state index < -0.39 is 11.6 Å². The van der Waals surface area contributed by atoms with E-state index in [0.717, 1.165) is 48.8 Å². The molecule has 22 heavy (non-hydrogen) atoms. The Morgan fingerprint density at radius 1 is 1.23 bits per heavy atom. The molecule has 0 spiro atoms. The summed E-state index contributed by atoms with van der Waals surface area (Å²) in [5.41, 5.74) is 1.93. The zero-order valence-corrected chi connectivity index (χ0v) is 12.2. The SMILES string of the molecule is CN1CC=C(c2cccnc2Oc2cc(F)ccc2F)CC1. The Morgan fingerprint density at radius 3 is 2.86 bits per heavy atom. The molecule has 0 atom stereocenters. The summed E-state index contributed by atoms with van der Waals surface area (Å²) in [4.78, 5) is 6.37. The highest BCUT2D eigenvalue weighted by Gasteiger charge is 2.16. The van der Waals surface area contributed by atoms with Crippen molar-refractivity contribution >= 4 is 5.57 Å². The Kier molecular flexibility index (Phi) is 4.15. The van der Waals surface area contributed by atoms with Gasteiger partial charge in [0.15, 0.2) is 11.6 Å². The van der Waals surface area contributed by atoms with Gasteiger partial charge in [-0.05, 0) is 43.3 Å². The maximum atomic E-state index is 13.7. The van der Waals surface area contributed by atoms with Gasteiger partial charge in [-0.2, -0.15) is 0 Å². The highest BCUT2D eigenvalue weighted by Crippen LogP contribution is 2.32. The van der Waals surface area contributed by atoms with E-state index in [1.807, 2.05) is 12.1 Å². The molecule has 5 heteroatoms. The van der Waals surface area contributed by atoms with Crippen molar-refractivity contribution in [3.63, 3.8) is 0 Å². The number of nitrogens with zero attached hydrogens (tertiary/aromatic N) is 2. The first-order valence-corrected chi connectivity index (χ1v) is 7.09. The topological polar surface area (TPSA) is 25.4 Å². The van der Waals surface area contributed by atoms with Gasteiger partial charge in [-0.15, -0.1) is 0 Å². The second-order valence-corrected chi connectivity index (χ2v) is 5.27. The molecule has 1 aromatic heterocycles. The fourth-order valence-corrected chi connectivity index (χ4v) is 2.39. The monoisotopic (exact) mass is 302 g/mol. The number of hydrogen-bond donors (Lipinski definition) is 0. The number of ether oxygens (including phenoxy) is 1. The zero-order chi connectivity index (χ0) is 15.5. The summed E-state index contributed by atoms with van der Waals surface area (Å²) < 4.78 is 32.5. The third kappa shape index (κ3) is 3.14. The van der Waals surface area contributed by atoms with Crippen LogP contribution in [0.3, 0.4) is 0 Å². The van der Waals surface area contributed by atoms with Gasteiger partial charge in [0.25, 0.3) is 0 Å². The first-order valence-electron chi connectivity index (χ1n) is 7.09. The number of aromatic nitrogens is 1. The highest BCUT2D eigenvalue weighted by atomic mass is 19.1. The van der Waals surface area contributed by atoms with Crippen molar-refractivity contribution in [3.05, 3.63) is 59.8 Å². The van der Waals surface area contributed by atoms with Crippen molar-refractivity contribution in [2.75, 3.05) is 20.1 Å². The molecule has 0 N–H and O–H groups in total. The largest absolute Gasteiger partial charge is 0.435 e. The molecule has 0 radical (unpaired) electrons. The fourth-order valence-electron chi connectivity index (χ4n) is 2.39. The molecule has 0 bridgehead atoms. The number of benzene rings is 1. The maximum absolute atomic E-state index is 13.7. The lowest BCUT2D eigenvalue weighted by molar-refractivity contribution is 0.369. The number of halogens is 2. The Hall–Kier alpha value is -2.27.